The lowest BCUT2D eigenvalue weighted by Crippen LogP contribution is -2.41. The van der Waals surface area contributed by atoms with Gasteiger partial charge < -0.3 is 15.4 Å². The number of amides is 2. The van der Waals surface area contributed by atoms with Crippen molar-refractivity contribution in [3.8, 4) is 5.75 Å². The molecular weight excluding hydrogens is 358 g/mol. The number of ether oxygens (including phenoxy) is 1. The van der Waals surface area contributed by atoms with Crippen LogP contribution < -0.4 is 15.4 Å². The number of thioether (sulfide) groups is 1. The fourth-order valence-corrected chi connectivity index (χ4v) is 3.10. The van der Waals surface area contributed by atoms with Crippen LogP contribution in [0.25, 0.3) is 6.08 Å². The lowest BCUT2D eigenvalue weighted by atomic mass is 10.2. The molecule has 0 radical (unpaired) electrons. The first kappa shape index (κ1) is 19.0. The Balaban J connectivity index is 1.93. The molecule has 0 unspecified atom stereocenters. The second-order valence-electron chi connectivity index (χ2n) is 5.03. The van der Waals surface area contributed by atoms with Crippen LogP contribution in [-0.2, 0) is 4.79 Å². The number of thiocarbonyl (C=S) groups is 1. The first-order valence-corrected chi connectivity index (χ1v) is 8.79. The van der Waals surface area contributed by atoms with E-state index in [1.807, 2.05) is 12.1 Å². The smallest absolute Gasteiger partial charge is 0.293 e. The Bertz CT molecular complexity index is 702. The first-order chi connectivity index (χ1) is 12.0. The fourth-order valence-electron chi connectivity index (χ4n) is 2.05. The summed E-state index contributed by atoms with van der Waals surface area (Å²) in [6.07, 6.45) is 3.39. The minimum absolute atomic E-state index is 0.251. The molecule has 1 aliphatic rings. The van der Waals surface area contributed by atoms with Gasteiger partial charge in [-0.3, -0.25) is 14.5 Å². The summed E-state index contributed by atoms with van der Waals surface area (Å²) >= 11 is 6.00. The van der Waals surface area contributed by atoms with E-state index in [9.17, 15) is 9.59 Å². The summed E-state index contributed by atoms with van der Waals surface area (Å²) < 4.78 is 5.10. The third-order valence-electron chi connectivity index (χ3n) is 3.32. The maximum absolute atomic E-state index is 12.4. The highest BCUT2D eigenvalue weighted by Gasteiger charge is 2.34. The summed E-state index contributed by atoms with van der Waals surface area (Å²) in [5.74, 6) is 0.440. The molecule has 2 N–H and O–H groups in total. The molecule has 2 amide bonds. The minimum Gasteiger partial charge on any atom is -0.497 e. The van der Waals surface area contributed by atoms with Crippen LogP contribution in [0, 0.1) is 0 Å². The predicted molar refractivity (Wildman–Crippen MR) is 104 cm³/mol. The first-order valence-electron chi connectivity index (χ1n) is 7.57. The molecule has 0 aliphatic carbocycles. The number of carbonyl (C=O) groups is 2. The molecular formula is C17H19N3O3S2. The van der Waals surface area contributed by atoms with Crippen molar-refractivity contribution in [2.24, 2.45) is 0 Å². The molecule has 1 fully saturated rings. The van der Waals surface area contributed by atoms with Gasteiger partial charge in [0.1, 0.15) is 5.75 Å². The number of nitrogens with one attached hydrogen (secondary N) is 2. The van der Waals surface area contributed by atoms with Crippen LogP contribution >= 0.6 is 24.0 Å². The highest BCUT2D eigenvalue weighted by Crippen LogP contribution is 2.32. The van der Waals surface area contributed by atoms with Gasteiger partial charge in [-0.25, -0.2) is 0 Å². The molecule has 6 nitrogen and oxygen atoms in total. The number of methoxy groups -OCH3 is 1. The Hall–Kier alpha value is -2.32. The number of imide groups is 1. The molecule has 8 heteroatoms. The summed E-state index contributed by atoms with van der Waals surface area (Å²) in [5.41, 5.74) is 0.833. The molecule has 0 saturated carbocycles. The maximum atomic E-state index is 12.4. The molecule has 2 rings (SSSR count). The third-order valence-corrected chi connectivity index (χ3v) is 4.51. The number of carbonyl (C=O) groups excluding carboxylic acids is 2. The van der Waals surface area contributed by atoms with Gasteiger partial charge in [0.05, 0.1) is 12.0 Å². The van der Waals surface area contributed by atoms with Crippen LogP contribution in [0.4, 0.5) is 4.79 Å². The van der Waals surface area contributed by atoms with Gasteiger partial charge in [0.2, 0.25) is 0 Å². The van der Waals surface area contributed by atoms with Gasteiger partial charge >= 0.3 is 0 Å². The number of rotatable bonds is 7. The third kappa shape index (κ3) is 5.33. The van der Waals surface area contributed by atoms with Crippen LogP contribution in [0.15, 0.2) is 41.8 Å². The second-order valence-corrected chi connectivity index (χ2v) is 6.43. The summed E-state index contributed by atoms with van der Waals surface area (Å²) in [7, 11) is 1.59. The Morgan fingerprint density at radius 1 is 1.32 bits per heavy atom. The van der Waals surface area contributed by atoms with Crippen LogP contribution in [0.1, 0.15) is 5.56 Å². The van der Waals surface area contributed by atoms with Gasteiger partial charge in [-0.1, -0.05) is 18.2 Å². The highest BCUT2D eigenvalue weighted by atomic mass is 32.2. The zero-order valence-electron chi connectivity index (χ0n) is 13.8. The van der Waals surface area contributed by atoms with Crippen molar-refractivity contribution in [2.45, 2.75) is 0 Å². The van der Waals surface area contributed by atoms with Crippen LogP contribution in [0.5, 0.6) is 5.75 Å². The zero-order valence-corrected chi connectivity index (χ0v) is 15.4. The van der Waals surface area contributed by atoms with Gasteiger partial charge in [0.15, 0.2) is 5.11 Å². The van der Waals surface area contributed by atoms with Crippen molar-refractivity contribution in [3.63, 3.8) is 0 Å². The Kier molecular flexibility index (Phi) is 7.03. The molecule has 132 valence electrons. The standard InChI is InChI=1S/C17H19N3O3S2/c1-3-8-18-16(24)19-9-10-20-15(21)14(25-17(20)22)11-12-4-6-13(23-2)7-5-12/h3-7,11H,1,8-10H2,2H3,(H2,18,19,24)/b14-11-. The highest BCUT2D eigenvalue weighted by molar-refractivity contribution is 8.18. The van der Waals surface area contributed by atoms with Crippen LogP contribution in [-0.4, -0.2) is 47.9 Å². The largest absolute Gasteiger partial charge is 0.497 e. The van der Waals surface area contributed by atoms with E-state index < -0.39 is 0 Å². The molecule has 0 aromatic heterocycles. The fraction of sp³-hybridized carbons (Fsp3) is 0.235. The topological polar surface area (TPSA) is 70.7 Å². The molecule has 1 aromatic carbocycles. The van der Waals surface area contributed by atoms with Crippen molar-refractivity contribution < 1.29 is 14.3 Å². The van der Waals surface area contributed by atoms with Crippen molar-refractivity contribution in [1.29, 1.82) is 0 Å². The van der Waals surface area contributed by atoms with E-state index in [0.717, 1.165) is 23.1 Å². The molecule has 1 aliphatic heterocycles. The maximum Gasteiger partial charge on any atom is 0.293 e. The normalized spacial score (nSPS) is 15.4. The zero-order chi connectivity index (χ0) is 18.2. The molecule has 0 atom stereocenters. The van der Waals surface area contributed by atoms with Gasteiger partial charge in [-0.15, -0.1) is 6.58 Å². The van der Waals surface area contributed by atoms with E-state index in [4.69, 9.17) is 17.0 Å². The van der Waals surface area contributed by atoms with Gasteiger partial charge in [-0.05, 0) is 47.8 Å². The lowest BCUT2D eigenvalue weighted by molar-refractivity contribution is -0.122. The van der Waals surface area contributed by atoms with Crippen molar-refractivity contribution in [1.82, 2.24) is 15.5 Å². The molecule has 0 spiro atoms. The number of nitrogens with zero attached hydrogens (tertiary/aromatic N) is 1. The van der Waals surface area contributed by atoms with E-state index >= 15 is 0 Å². The van der Waals surface area contributed by atoms with Crippen molar-refractivity contribution in [2.75, 3.05) is 26.7 Å². The van der Waals surface area contributed by atoms with E-state index in [1.165, 1.54) is 4.90 Å². The minimum atomic E-state index is -0.294. The quantitative estimate of drug-likeness (QED) is 0.429. The summed E-state index contributed by atoms with van der Waals surface area (Å²) in [6.45, 7) is 4.77. The Labute approximate surface area is 156 Å². The molecule has 25 heavy (non-hydrogen) atoms. The van der Waals surface area contributed by atoms with Gasteiger partial charge in [0.25, 0.3) is 11.1 Å². The molecule has 1 saturated heterocycles. The van der Waals surface area contributed by atoms with Gasteiger partial charge in [-0.2, -0.15) is 0 Å². The van der Waals surface area contributed by atoms with Crippen molar-refractivity contribution in [3.05, 3.63) is 47.4 Å². The van der Waals surface area contributed by atoms with Crippen LogP contribution in [0.2, 0.25) is 0 Å². The Morgan fingerprint density at radius 2 is 2.04 bits per heavy atom. The van der Waals surface area contributed by atoms with E-state index in [-0.39, 0.29) is 17.7 Å². The average molecular weight is 377 g/mol. The monoisotopic (exact) mass is 377 g/mol. The average Bonchev–Trinajstić information content (AvgIpc) is 2.88. The number of hydrogen-bond donors (Lipinski definition) is 2. The second kappa shape index (κ2) is 9.24. The van der Waals surface area contributed by atoms with E-state index in [1.54, 1.807) is 31.4 Å². The van der Waals surface area contributed by atoms with Crippen LogP contribution in [0.3, 0.4) is 0 Å². The summed E-state index contributed by atoms with van der Waals surface area (Å²) in [5, 5.41) is 6.04. The summed E-state index contributed by atoms with van der Waals surface area (Å²) in [6, 6.07) is 7.27. The van der Waals surface area contributed by atoms with E-state index in [0.29, 0.717) is 23.1 Å². The molecule has 1 heterocycles. The van der Waals surface area contributed by atoms with Gasteiger partial charge in [0, 0.05) is 19.6 Å². The summed E-state index contributed by atoms with van der Waals surface area (Å²) in [4.78, 5) is 26.1. The lowest BCUT2D eigenvalue weighted by Gasteiger charge is -2.14. The SMILES string of the molecule is C=CCNC(=S)NCCN1C(=O)S/C(=C\c2ccc(OC)cc2)C1=O. The predicted octanol–water partition coefficient (Wildman–Crippen LogP) is 2.38. The Morgan fingerprint density at radius 3 is 2.68 bits per heavy atom. The molecule has 0 bridgehead atoms. The van der Waals surface area contributed by atoms with Crippen molar-refractivity contribution >= 4 is 46.3 Å². The molecule has 1 aromatic rings. The van der Waals surface area contributed by atoms with E-state index in [2.05, 4.69) is 17.2 Å². The number of benzene rings is 1. The number of hydrogen-bond acceptors (Lipinski definition) is 5.